The zero-order valence-corrected chi connectivity index (χ0v) is 17.3. The largest absolute Gasteiger partial charge is 0.419 e. The Morgan fingerprint density at radius 3 is 2.34 bits per heavy atom. The molecule has 1 aromatic carbocycles. The summed E-state index contributed by atoms with van der Waals surface area (Å²) in [4.78, 5) is 31.7. The quantitative estimate of drug-likeness (QED) is 0.784. The van der Waals surface area contributed by atoms with E-state index in [1.54, 1.807) is 6.20 Å². The second-order valence-electron chi connectivity index (χ2n) is 8.31. The first kappa shape index (κ1) is 19.9. The van der Waals surface area contributed by atoms with E-state index in [0.29, 0.717) is 11.8 Å². The number of amides is 1. The molecule has 2 aliphatic heterocycles. The van der Waals surface area contributed by atoms with Crippen molar-refractivity contribution in [2.24, 2.45) is 0 Å². The summed E-state index contributed by atoms with van der Waals surface area (Å²) in [6, 6.07) is 8.42. The van der Waals surface area contributed by atoms with E-state index >= 15 is 0 Å². The fraction of sp³-hybridized carbons (Fsp3) is 0.545. The highest BCUT2D eigenvalue weighted by Gasteiger charge is 2.28. The van der Waals surface area contributed by atoms with Crippen LogP contribution in [-0.2, 0) is 11.3 Å². The van der Waals surface area contributed by atoms with Gasteiger partial charge in [0.1, 0.15) is 6.54 Å². The number of nitrogens with zero attached hydrogens (tertiary/aromatic N) is 4. The van der Waals surface area contributed by atoms with Crippen LogP contribution in [0.4, 0.5) is 0 Å². The summed E-state index contributed by atoms with van der Waals surface area (Å²) >= 11 is 0. The molecule has 0 bridgehead atoms. The van der Waals surface area contributed by atoms with Crippen molar-refractivity contribution in [3.8, 4) is 11.3 Å². The van der Waals surface area contributed by atoms with Crippen molar-refractivity contribution in [1.82, 2.24) is 19.3 Å². The van der Waals surface area contributed by atoms with Crippen LogP contribution in [0.25, 0.3) is 11.3 Å². The van der Waals surface area contributed by atoms with Crippen LogP contribution in [0.5, 0.6) is 0 Å². The smallest absolute Gasteiger partial charge is 0.408 e. The van der Waals surface area contributed by atoms with E-state index < -0.39 is 5.76 Å². The van der Waals surface area contributed by atoms with Gasteiger partial charge in [-0.15, -0.1) is 0 Å². The Balaban J connectivity index is 1.33. The molecule has 1 amide bonds. The van der Waals surface area contributed by atoms with E-state index in [1.165, 1.54) is 17.4 Å². The van der Waals surface area contributed by atoms with Crippen molar-refractivity contribution in [3.63, 3.8) is 0 Å². The molecule has 7 heteroatoms. The van der Waals surface area contributed by atoms with Crippen molar-refractivity contribution in [2.45, 2.75) is 32.4 Å². The summed E-state index contributed by atoms with van der Waals surface area (Å²) < 4.78 is 6.73. The van der Waals surface area contributed by atoms with Gasteiger partial charge in [-0.2, -0.15) is 0 Å². The normalized spacial score (nSPS) is 19.6. The van der Waals surface area contributed by atoms with Gasteiger partial charge in [-0.05, 0) is 39.9 Å². The van der Waals surface area contributed by atoms with Crippen LogP contribution in [0, 0.1) is 6.92 Å². The molecule has 2 aromatic rings. The van der Waals surface area contributed by atoms with Crippen LogP contribution in [-0.4, -0.2) is 77.5 Å². The maximum atomic E-state index is 12.7. The second-order valence-corrected chi connectivity index (χ2v) is 8.31. The van der Waals surface area contributed by atoms with E-state index in [0.717, 1.165) is 50.4 Å². The van der Waals surface area contributed by atoms with Gasteiger partial charge in [0.15, 0.2) is 5.76 Å². The van der Waals surface area contributed by atoms with Crippen LogP contribution in [0.1, 0.15) is 18.4 Å². The molecular formula is C22H30N4O3. The lowest BCUT2D eigenvalue weighted by Gasteiger charge is -2.42. The van der Waals surface area contributed by atoms with Crippen molar-refractivity contribution in [1.29, 1.82) is 0 Å². The SMILES string of the molecule is Cc1ccc(-c2cn(CC(=O)N3CCN(C4CCN(C)CC4)CC3)c(=O)o2)cc1. The maximum absolute atomic E-state index is 12.7. The molecular weight excluding hydrogens is 368 g/mol. The highest BCUT2D eigenvalue weighted by molar-refractivity contribution is 5.76. The Hall–Kier alpha value is -2.38. The molecule has 1 aromatic heterocycles. The third-order valence-corrected chi connectivity index (χ3v) is 6.22. The third-order valence-electron chi connectivity index (χ3n) is 6.22. The number of likely N-dealkylation sites (tertiary alicyclic amines) is 1. The first-order valence-corrected chi connectivity index (χ1v) is 10.5. The summed E-state index contributed by atoms with van der Waals surface area (Å²) in [7, 11) is 2.18. The monoisotopic (exact) mass is 398 g/mol. The highest BCUT2D eigenvalue weighted by Crippen LogP contribution is 2.19. The van der Waals surface area contributed by atoms with Gasteiger partial charge >= 0.3 is 5.76 Å². The number of aryl methyl sites for hydroxylation is 1. The first-order valence-electron chi connectivity index (χ1n) is 10.5. The minimum absolute atomic E-state index is 0.0219. The molecule has 0 unspecified atom stereocenters. The second kappa shape index (κ2) is 8.55. The molecule has 0 radical (unpaired) electrons. The Kier molecular flexibility index (Phi) is 5.87. The third kappa shape index (κ3) is 4.62. The van der Waals surface area contributed by atoms with Crippen molar-refractivity contribution >= 4 is 5.91 Å². The molecule has 2 fully saturated rings. The summed E-state index contributed by atoms with van der Waals surface area (Å²) in [6.45, 7) is 7.61. The molecule has 0 aliphatic carbocycles. The van der Waals surface area contributed by atoms with E-state index in [9.17, 15) is 9.59 Å². The van der Waals surface area contributed by atoms with Gasteiger partial charge < -0.3 is 14.2 Å². The van der Waals surface area contributed by atoms with Crippen LogP contribution in [0.2, 0.25) is 0 Å². The standard InChI is InChI=1S/C22H30N4O3/c1-17-3-5-18(6-4-17)20-15-26(22(28)29-20)16-21(27)25-13-11-24(12-14-25)19-7-9-23(2)10-8-19/h3-6,15,19H,7-14,16H2,1-2H3. The zero-order chi connectivity index (χ0) is 20.4. The molecule has 0 spiro atoms. The maximum Gasteiger partial charge on any atom is 0.419 e. The van der Waals surface area contributed by atoms with Gasteiger partial charge in [-0.3, -0.25) is 14.3 Å². The Labute approximate surface area is 171 Å². The number of carbonyl (C=O) groups excluding carboxylic acids is 1. The lowest BCUT2D eigenvalue weighted by atomic mass is 10.0. The lowest BCUT2D eigenvalue weighted by Crippen LogP contribution is -2.54. The van der Waals surface area contributed by atoms with Crippen molar-refractivity contribution < 1.29 is 9.21 Å². The molecule has 3 heterocycles. The number of aromatic nitrogens is 1. The number of piperidine rings is 1. The number of benzene rings is 1. The average molecular weight is 399 g/mol. The number of oxazole rings is 1. The average Bonchev–Trinajstić information content (AvgIpc) is 3.09. The summed E-state index contributed by atoms with van der Waals surface area (Å²) in [5.74, 6) is -0.0137. The molecule has 29 heavy (non-hydrogen) atoms. The molecule has 0 saturated carbocycles. The fourth-order valence-electron chi connectivity index (χ4n) is 4.28. The number of hydrogen-bond acceptors (Lipinski definition) is 5. The van der Waals surface area contributed by atoms with Gasteiger partial charge in [0.2, 0.25) is 5.91 Å². The van der Waals surface area contributed by atoms with E-state index in [4.69, 9.17) is 4.42 Å². The zero-order valence-electron chi connectivity index (χ0n) is 17.3. The topological polar surface area (TPSA) is 61.9 Å². The molecule has 7 nitrogen and oxygen atoms in total. The van der Waals surface area contributed by atoms with Crippen LogP contribution in [0.3, 0.4) is 0 Å². The number of carbonyl (C=O) groups is 1. The Morgan fingerprint density at radius 2 is 1.69 bits per heavy atom. The summed E-state index contributed by atoms with van der Waals surface area (Å²) in [5, 5.41) is 0. The molecule has 0 atom stereocenters. The minimum Gasteiger partial charge on any atom is -0.408 e. The van der Waals surface area contributed by atoms with E-state index in [1.807, 2.05) is 36.1 Å². The summed E-state index contributed by atoms with van der Waals surface area (Å²) in [6.07, 6.45) is 4.05. The summed E-state index contributed by atoms with van der Waals surface area (Å²) in [5.41, 5.74) is 1.98. The highest BCUT2D eigenvalue weighted by atomic mass is 16.4. The van der Waals surface area contributed by atoms with Gasteiger partial charge in [-0.25, -0.2) is 4.79 Å². The van der Waals surface area contributed by atoms with Crippen LogP contribution in [0.15, 0.2) is 39.7 Å². The first-order chi connectivity index (χ1) is 14.0. The lowest BCUT2D eigenvalue weighted by molar-refractivity contribution is -0.134. The van der Waals surface area contributed by atoms with Gasteiger partial charge in [0, 0.05) is 37.8 Å². The fourth-order valence-corrected chi connectivity index (χ4v) is 4.28. The molecule has 156 valence electrons. The molecule has 2 saturated heterocycles. The Morgan fingerprint density at radius 1 is 1.03 bits per heavy atom. The van der Waals surface area contributed by atoms with E-state index in [2.05, 4.69) is 16.8 Å². The van der Waals surface area contributed by atoms with Crippen LogP contribution < -0.4 is 5.76 Å². The molecule has 4 rings (SSSR count). The van der Waals surface area contributed by atoms with Crippen molar-refractivity contribution in [2.75, 3.05) is 46.3 Å². The van der Waals surface area contributed by atoms with Gasteiger partial charge in [-0.1, -0.05) is 29.8 Å². The molecule has 2 aliphatic rings. The van der Waals surface area contributed by atoms with Crippen LogP contribution >= 0.6 is 0 Å². The van der Waals surface area contributed by atoms with Crippen molar-refractivity contribution in [3.05, 3.63) is 46.6 Å². The van der Waals surface area contributed by atoms with Gasteiger partial charge in [0.25, 0.3) is 0 Å². The Bertz CT molecular complexity index is 886. The number of piperazine rings is 1. The minimum atomic E-state index is -0.487. The van der Waals surface area contributed by atoms with Gasteiger partial charge in [0.05, 0.1) is 6.20 Å². The predicted molar refractivity (Wildman–Crippen MR) is 112 cm³/mol. The number of hydrogen-bond donors (Lipinski definition) is 0. The molecule has 0 N–H and O–H groups in total. The predicted octanol–water partition coefficient (Wildman–Crippen LogP) is 1.66. The van der Waals surface area contributed by atoms with E-state index in [-0.39, 0.29) is 12.5 Å². The number of rotatable bonds is 4.